The molecule has 1 atom stereocenters. The average Bonchev–Trinajstić information content (AvgIpc) is 2.84. The number of H-pyrrole nitrogens is 1. The van der Waals surface area contributed by atoms with E-state index in [-0.39, 0.29) is 0 Å². The highest BCUT2D eigenvalue weighted by Gasteiger charge is 2.22. The Morgan fingerprint density at radius 2 is 2.47 bits per heavy atom. The predicted molar refractivity (Wildman–Crippen MR) is 67.7 cm³/mol. The van der Waals surface area contributed by atoms with E-state index in [9.17, 15) is 0 Å². The summed E-state index contributed by atoms with van der Waals surface area (Å²) in [5.74, 6) is 0. The van der Waals surface area contributed by atoms with E-state index in [4.69, 9.17) is 4.74 Å². The maximum absolute atomic E-state index is 5.14. The second kappa shape index (κ2) is 6.77. The molecule has 0 bridgehead atoms. The number of aromatic nitrogens is 2. The van der Waals surface area contributed by atoms with Crippen molar-refractivity contribution in [2.24, 2.45) is 0 Å². The maximum Gasteiger partial charge on any atom is 0.0922 e. The van der Waals surface area contributed by atoms with Crippen molar-refractivity contribution in [3.8, 4) is 0 Å². The number of imidazole rings is 1. The van der Waals surface area contributed by atoms with Gasteiger partial charge in [0.2, 0.25) is 0 Å². The molecule has 4 nitrogen and oxygen atoms in total. The second-order valence-electron chi connectivity index (χ2n) is 4.83. The Morgan fingerprint density at radius 3 is 3.24 bits per heavy atom. The second-order valence-corrected chi connectivity index (χ2v) is 4.83. The van der Waals surface area contributed by atoms with Gasteiger partial charge in [-0.1, -0.05) is 6.42 Å². The van der Waals surface area contributed by atoms with Gasteiger partial charge in [-0.25, -0.2) is 4.98 Å². The molecule has 1 aliphatic heterocycles. The van der Waals surface area contributed by atoms with E-state index in [2.05, 4.69) is 14.9 Å². The fourth-order valence-corrected chi connectivity index (χ4v) is 2.65. The Morgan fingerprint density at radius 1 is 1.53 bits per heavy atom. The Kier molecular flexibility index (Phi) is 5.01. The van der Waals surface area contributed by atoms with Gasteiger partial charge in [0.05, 0.1) is 6.33 Å². The number of methoxy groups -OCH3 is 1. The van der Waals surface area contributed by atoms with Gasteiger partial charge in [-0.15, -0.1) is 0 Å². The zero-order valence-electron chi connectivity index (χ0n) is 10.7. The molecule has 0 aromatic carbocycles. The van der Waals surface area contributed by atoms with Crippen molar-refractivity contribution < 1.29 is 4.74 Å². The van der Waals surface area contributed by atoms with Crippen LogP contribution in [0.25, 0.3) is 0 Å². The van der Waals surface area contributed by atoms with E-state index in [1.165, 1.54) is 44.3 Å². The Balaban J connectivity index is 1.83. The predicted octanol–water partition coefficient (Wildman–Crippen LogP) is 2.19. The highest BCUT2D eigenvalue weighted by atomic mass is 16.5. The summed E-state index contributed by atoms with van der Waals surface area (Å²) in [6.45, 7) is 3.11. The lowest BCUT2D eigenvalue weighted by Gasteiger charge is -2.35. The van der Waals surface area contributed by atoms with E-state index in [0.717, 1.165) is 19.2 Å². The number of hydrogen-bond acceptors (Lipinski definition) is 3. The van der Waals surface area contributed by atoms with E-state index in [1.54, 1.807) is 13.4 Å². The number of ether oxygens (including phenoxy) is 1. The first-order valence-electron chi connectivity index (χ1n) is 6.60. The van der Waals surface area contributed by atoms with Gasteiger partial charge in [0.15, 0.2) is 0 Å². The molecular formula is C13H23N3O. The molecule has 2 heterocycles. The summed E-state index contributed by atoms with van der Waals surface area (Å²) in [5.41, 5.74) is 1.23. The van der Waals surface area contributed by atoms with Crippen LogP contribution in [0.3, 0.4) is 0 Å². The summed E-state index contributed by atoms with van der Waals surface area (Å²) < 4.78 is 5.14. The number of likely N-dealkylation sites (tertiary alicyclic amines) is 1. The van der Waals surface area contributed by atoms with Gasteiger partial charge in [-0.05, 0) is 32.2 Å². The van der Waals surface area contributed by atoms with Crippen LogP contribution >= 0.6 is 0 Å². The molecule has 0 unspecified atom stereocenters. The molecule has 0 spiro atoms. The summed E-state index contributed by atoms with van der Waals surface area (Å²) in [7, 11) is 1.78. The number of nitrogens with zero attached hydrogens (tertiary/aromatic N) is 2. The third-order valence-corrected chi connectivity index (χ3v) is 3.56. The molecule has 0 saturated carbocycles. The van der Waals surface area contributed by atoms with E-state index < -0.39 is 0 Å². The maximum atomic E-state index is 5.14. The Labute approximate surface area is 103 Å². The summed E-state index contributed by atoms with van der Waals surface area (Å²) in [5, 5.41) is 0. The lowest BCUT2D eigenvalue weighted by Crippen LogP contribution is -2.39. The Hall–Kier alpha value is -0.870. The van der Waals surface area contributed by atoms with Crippen molar-refractivity contribution in [1.29, 1.82) is 0 Å². The molecule has 0 radical (unpaired) electrons. The van der Waals surface area contributed by atoms with Crippen LogP contribution in [0.2, 0.25) is 0 Å². The summed E-state index contributed by atoms with van der Waals surface area (Å²) in [4.78, 5) is 9.87. The van der Waals surface area contributed by atoms with Crippen molar-refractivity contribution >= 4 is 0 Å². The standard InChI is InChI=1S/C13H23N3O/c1-17-8-4-6-13-5-2-3-7-16(13)10-12-9-14-11-15-12/h9,11,13H,2-8,10H2,1H3,(H,14,15)/t13-/m0/s1. The zero-order chi connectivity index (χ0) is 11.9. The van der Waals surface area contributed by atoms with Crippen LogP contribution in [0.5, 0.6) is 0 Å². The lowest BCUT2D eigenvalue weighted by molar-refractivity contribution is 0.115. The van der Waals surface area contributed by atoms with Crippen molar-refractivity contribution in [3.05, 3.63) is 18.2 Å². The lowest BCUT2D eigenvalue weighted by atomic mass is 9.98. The molecule has 0 amide bonds. The van der Waals surface area contributed by atoms with Crippen LogP contribution in [0.1, 0.15) is 37.8 Å². The number of piperidine rings is 1. The zero-order valence-corrected chi connectivity index (χ0v) is 10.7. The monoisotopic (exact) mass is 237 g/mol. The molecule has 0 aliphatic carbocycles. The molecule has 1 saturated heterocycles. The first kappa shape index (κ1) is 12.6. The molecule has 2 rings (SSSR count). The number of nitrogens with one attached hydrogen (secondary N) is 1. The van der Waals surface area contributed by atoms with Gasteiger partial charge in [0, 0.05) is 38.2 Å². The molecule has 1 aliphatic rings. The quantitative estimate of drug-likeness (QED) is 0.771. The first-order valence-corrected chi connectivity index (χ1v) is 6.60. The highest BCUT2D eigenvalue weighted by Crippen LogP contribution is 2.22. The number of hydrogen-bond donors (Lipinski definition) is 1. The van der Waals surface area contributed by atoms with Gasteiger partial charge >= 0.3 is 0 Å². The normalized spacial score (nSPS) is 21.8. The van der Waals surface area contributed by atoms with E-state index in [0.29, 0.717) is 0 Å². The van der Waals surface area contributed by atoms with Gasteiger partial charge in [-0.2, -0.15) is 0 Å². The van der Waals surface area contributed by atoms with Gasteiger partial charge in [0.25, 0.3) is 0 Å². The molecule has 1 aromatic rings. The topological polar surface area (TPSA) is 41.1 Å². The minimum absolute atomic E-state index is 0.724. The van der Waals surface area contributed by atoms with Gasteiger partial charge in [0.1, 0.15) is 0 Å². The molecule has 1 N–H and O–H groups in total. The van der Waals surface area contributed by atoms with Gasteiger partial charge < -0.3 is 9.72 Å². The smallest absolute Gasteiger partial charge is 0.0922 e. The van der Waals surface area contributed by atoms with Crippen LogP contribution < -0.4 is 0 Å². The number of aromatic amines is 1. The van der Waals surface area contributed by atoms with Crippen molar-refractivity contribution in [2.75, 3.05) is 20.3 Å². The van der Waals surface area contributed by atoms with Crippen molar-refractivity contribution in [3.63, 3.8) is 0 Å². The summed E-state index contributed by atoms with van der Waals surface area (Å²) in [6.07, 6.45) is 10.1. The SMILES string of the molecule is COCCC[C@@H]1CCCCN1Cc1cnc[nH]1. The van der Waals surface area contributed by atoms with Crippen LogP contribution in [-0.4, -0.2) is 41.2 Å². The Bertz CT molecular complexity index is 300. The fraction of sp³-hybridized carbons (Fsp3) is 0.769. The third-order valence-electron chi connectivity index (χ3n) is 3.56. The van der Waals surface area contributed by atoms with Crippen molar-refractivity contribution in [1.82, 2.24) is 14.9 Å². The van der Waals surface area contributed by atoms with Gasteiger partial charge in [-0.3, -0.25) is 4.90 Å². The van der Waals surface area contributed by atoms with Crippen LogP contribution in [-0.2, 0) is 11.3 Å². The van der Waals surface area contributed by atoms with Crippen LogP contribution in [0.15, 0.2) is 12.5 Å². The average molecular weight is 237 g/mol. The van der Waals surface area contributed by atoms with Crippen LogP contribution in [0, 0.1) is 0 Å². The first-order chi connectivity index (χ1) is 8.40. The molecule has 17 heavy (non-hydrogen) atoms. The largest absolute Gasteiger partial charge is 0.385 e. The molecular weight excluding hydrogens is 214 g/mol. The highest BCUT2D eigenvalue weighted by molar-refractivity contribution is 4.95. The third kappa shape index (κ3) is 3.82. The summed E-state index contributed by atoms with van der Waals surface area (Å²) in [6, 6.07) is 0.724. The molecule has 4 heteroatoms. The van der Waals surface area contributed by atoms with Crippen molar-refractivity contribution in [2.45, 2.75) is 44.7 Å². The molecule has 1 fully saturated rings. The summed E-state index contributed by atoms with van der Waals surface area (Å²) >= 11 is 0. The van der Waals surface area contributed by atoms with E-state index >= 15 is 0 Å². The van der Waals surface area contributed by atoms with E-state index in [1.807, 2.05) is 6.20 Å². The minimum atomic E-state index is 0.724. The minimum Gasteiger partial charge on any atom is -0.385 e. The number of rotatable bonds is 6. The fourth-order valence-electron chi connectivity index (χ4n) is 2.65. The molecule has 1 aromatic heterocycles. The molecule has 96 valence electrons. The van der Waals surface area contributed by atoms with Crippen LogP contribution in [0.4, 0.5) is 0 Å².